The van der Waals surface area contributed by atoms with Gasteiger partial charge in [-0.3, -0.25) is 0 Å². The van der Waals surface area contributed by atoms with E-state index in [0.717, 1.165) is 35.6 Å². The molecule has 0 atom stereocenters. The van der Waals surface area contributed by atoms with E-state index in [0.29, 0.717) is 0 Å². The monoisotopic (exact) mass is 320 g/mol. The van der Waals surface area contributed by atoms with Gasteiger partial charge in [-0.15, -0.1) is 0 Å². The van der Waals surface area contributed by atoms with Crippen LogP contribution in [-0.2, 0) is 4.79 Å². The highest BCUT2D eigenvalue weighted by Crippen LogP contribution is 2.36. The van der Waals surface area contributed by atoms with Gasteiger partial charge in [0.1, 0.15) is 5.75 Å². The second kappa shape index (κ2) is 7.18. The van der Waals surface area contributed by atoms with Gasteiger partial charge in [-0.1, -0.05) is 42.0 Å². The fraction of sp³-hybridized carbons (Fsp3) is 0.190. The number of phenolic OH excluding ortho intramolecular Hbond substituents is 1. The van der Waals surface area contributed by atoms with Crippen LogP contribution in [0.1, 0.15) is 42.4 Å². The van der Waals surface area contributed by atoms with Crippen LogP contribution in [0.25, 0.3) is 11.6 Å². The minimum atomic E-state index is -0.947. The first kappa shape index (κ1) is 16.1. The van der Waals surface area contributed by atoms with Crippen LogP contribution in [0.5, 0.6) is 5.75 Å². The summed E-state index contributed by atoms with van der Waals surface area (Å²) in [6, 6.07) is 15.3. The SMILES string of the molecule is O=C(O)C=Cc1ccc(C(=C2CCCC2)c2ccc(O)cc2)cc1. The van der Waals surface area contributed by atoms with Crippen molar-refractivity contribution in [1.29, 1.82) is 0 Å². The van der Waals surface area contributed by atoms with Crippen molar-refractivity contribution >= 4 is 17.6 Å². The van der Waals surface area contributed by atoms with Crippen molar-refractivity contribution < 1.29 is 15.0 Å². The largest absolute Gasteiger partial charge is 0.508 e. The van der Waals surface area contributed by atoms with Crippen LogP contribution >= 0.6 is 0 Å². The van der Waals surface area contributed by atoms with Crippen LogP contribution in [0.2, 0.25) is 0 Å². The van der Waals surface area contributed by atoms with Gasteiger partial charge in [0.15, 0.2) is 0 Å². The maximum atomic E-state index is 10.6. The predicted molar refractivity (Wildman–Crippen MR) is 95.7 cm³/mol. The van der Waals surface area contributed by atoms with Crippen molar-refractivity contribution in [1.82, 2.24) is 0 Å². The van der Waals surface area contributed by atoms with E-state index in [2.05, 4.69) is 0 Å². The van der Waals surface area contributed by atoms with E-state index in [9.17, 15) is 9.90 Å². The fourth-order valence-corrected chi connectivity index (χ4v) is 3.18. The average molecular weight is 320 g/mol. The van der Waals surface area contributed by atoms with E-state index in [4.69, 9.17) is 5.11 Å². The highest BCUT2D eigenvalue weighted by atomic mass is 16.4. The zero-order valence-electron chi connectivity index (χ0n) is 13.4. The van der Waals surface area contributed by atoms with Crippen molar-refractivity contribution in [2.45, 2.75) is 25.7 Å². The summed E-state index contributed by atoms with van der Waals surface area (Å²) in [6.07, 6.45) is 7.39. The summed E-state index contributed by atoms with van der Waals surface area (Å²) in [5, 5.41) is 18.3. The minimum absolute atomic E-state index is 0.267. The number of allylic oxidation sites excluding steroid dienone is 1. The fourth-order valence-electron chi connectivity index (χ4n) is 3.18. The Morgan fingerprint density at radius 3 is 1.96 bits per heavy atom. The second-order valence-electron chi connectivity index (χ2n) is 6.03. The Morgan fingerprint density at radius 1 is 0.875 bits per heavy atom. The molecule has 0 aromatic heterocycles. The standard InChI is InChI=1S/C21H20O3/c22-19-12-10-18(11-13-19)21(16-3-1-2-4-16)17-8-5-15(6-9-17)7-14-20(23)24/h5-14,22H,1-4H2,(H,23,24). The van der Waals surface area contributed by atoms with Gasteiger partial charge >= 0.3 is 5.97 Å². The molecule has 0 spiro atoms. The van der Waals surface area contributed by atoms with Crippen LogP contribution in [0, 0.1) is 0 Å². The first-order chi connectivity index (χ1) is 11.6. The summed E-state index contributed by atoms with van der Waals surface area (Å²) in [4.78, 5) is 10.6. The molecule has 122 valence electrons. The third kappa shape index (κ3) is 3.74. The maximum Gasteiger partial charge on any atom is 0.328 e. The molecule has 0 saturated heterocycles. The van der Waals surface area contributed by atoms with Crippen LogP contribution in [0.4, 0.5) is 0 Å². The number of aromatic hydroxyl groups is 1. The molecule has 3 rings (SSSR count). The van der Waals surface area contributed by atoms with E-state index in [1.165, 1.54) is 24.0 Å². The van der Waals surface area contributed by atoms with Crippen molar-refractivity contribution in [3.8, 4) is 5.75 Å². The Kier molecular flexibility index (Phi) is 4.80. The molecule has 1 saturated carbocycles. The quantitative estimate of drug-likeness (QED) is 0.790. The lowest BCUT2D eigenvalue weighted by Crippen LogP contribution is -1.93. The van der Waals surface area contributed by atoms with Gasteiger partial charge in [0.25, 0.3) is 0 Å². The summed E-state index contributed by atoms with van der Waals surface area (Å²) in [6.45, 7) is 0. The maximum absolute atomic E-state index is 10.6. The first-order valence-electron chi connectivity index (χ1n) is 8.16. The predicted octanol–water partition coefficient (Wildman–Crippen LogP) is 4.87. The lowest BCUT2D eigenvalue weighted by molar-refractivity contribution is -0.131. The zero-order valence-corrected chi connectivity index (χ0v) is 13.4. The molecular formula is C21H20O3. The molecule has 0 aliphatic heterocycles. The summed E-state index contributed by atoms with van der Waals surface area (Å²) in [5.74, 6) is -0.680. The van der Waals surface area contributed by atoms with Crippen molar-refractivity contribution in [2.24, 2.45) is 0 Å². The van der Waals surface area contributed by atoms with Crippen LogP contribution < -0.4 is 0 Å². The first-order valence-corrected chi connectivity index (χ1v) is 8.16. The van der Waals surface area contributed by atoms with Gasteiger partial charge in [-0.2, -0.15) is 0 Å². The zero-order chi connectivity index (χ0) is 16.9. The number of carbonyl (C=O) groups is 1. The Hall–Kier alpha value is -2.81. The lowest BCUT2D eigenvalue weighted by atomic mass is 9.91. The molecule has 1 aliphatic rings. The average Bonchev–Trinajstić information content (AvgIpc) is 3.10. The number of rotatable bonds is 4. The Morgan fingerprint density at radius 2 is 1.42 bits per heavy atom. The van der Waals surface area contributed by atoms with Crippen molar-refractivity contribution in [3.05, 3.63) is 76.9 Å². The number of carboxylic acid groups (broad SMARTS) is 1. The lowest BCUT2D eigenvalue weighted by Gasteiger charge is -2.13. The molecule has 2 aromatic carbocycles. The number of aliphatic carboxylic acids is 1. The molecule has 2 N–H and O–H groups in total. The van der Waals surface area contributed by atoms with E-state index >= 15 is 0 Å². The number of carboxylic acids is 1. The van der Waals surface area contributed by atoms with Crippen LogP contribution in [0.3, 0.4) is 0 Å². The van der Waals surface area contributed by atoms with E-state index in [1.54, 1.807) is 18.2 Å². The smallest absolute Gasteiger partial charge is 0.328 e. The number of benzene rings is 2. The second-order valence-corrected chi connectivity index (χ2v) is 6.03. The summed E-state index contributed by atoms with van der Waals surface area (Å²) < 4.78 is 0. The number of hydrogen-bond donors (Lipinski definition) is 2. The Bertz CT molecular complexity index is 773. The number of phenols is 1. The molecule has 0 amide bonds. The number of hydrogen-bond acceptors (Lipinski definition) is 2. The summed E-state index contributed by atoms with van der Waals surface area (Å²) in [5.41, 5.74) is 5.79. The van der Waals surface area contributed by atoms with Crippen molar-refractivity contribution in [3.63, 3.8) is 0 Å². The third-order valence-electron chi connectivity index (χ3n) is 4.33. The molecule has 3 nitrogen and oxygen atoms in total. The highest BCUT2D eigenvalue weighted by molar-refractivity contribution is 5.86. The van der Waals surface area contributed by atoms with Gasteiger partial charge in [0.2, 0.25) is 0 Å². The van der Waals surface area contributed by atoms with Gasteiger partial charge in [0.05, 0.1) is 0 Å². The van der Waals surface area contributed by atoms with Gasteiger partial charge in [0, 0.05) is 6.08 Å². The third-order valence-corrected chi connectivity index (χ3v) is 4.33. The molecule has 2 aromatic rings. The molecule has 0 radical (unpaired) electrons. The minimum Gasteiger partial charge on any atom is -0.508 e. The van der Waals surface area contributed by atoms with E-state index < -0.39 is 5.97 Å². The van der Waals surface area contributed by atoms with Crippen LogP contribution in [0.15, 0.2) is 60.2 Å². The molecular weight excluding hydrogens is 300 g/mol. The Balaban J connectivity index is 1.99. The molecule has 0 bridgehead atoms. The molecule has 3 heteroatoms. The van der Waals surface area contributed by atoms with Gasteiger partial charge in [-0.25, -0.2) is 4.79 Å². The summed E-state index contributed by atoms with van der Waals surface area (Å²) in [7, 11) is 0. The topological polar surface area (TPSA) is 57.5 Å². The molecule has 24 heavy (non-hydrogen) atoms. The molecule has 1 aliphatic carbocycles. The normalized spacial score (nSPS) is 14.2. The van der Waals surface area contributed by atoms with Gasteiger partial charge < -0.3 is 10.2 Å². The molecule has 0 heterocycles. The van der Waals surface area contributed by atoms with Gasteiger partial charge in [-0.05, 0) is 66.2 Å². The highest BCUT2D eigenvalue weighted by Gasteiger charge is 2.16. The van der Waals surface area contributed by atoms with E-state index in [1.807, 2.05) is 36.4 Å². The van der Waals surface area contributed by atoms with Crippen LogP contribution in [-0.4, -0.2) is 16.2 Å². The van der Waals surface area contributed by atoms with E-state index in [-0.39, 0.29) is 5.75 Å². The molecule has 1 fully saturated rings. The summed E-state index contributed by atoms with van der Waals surface area (Å²) >= 11 is 0. The Labute approximate surface area is 141 Å². The molecule has 0 unspecified atom stereocenters. The van der Waals surface area contributed by atoms with Crippen molar-refractivity contribution in [2.75, 3.05) is 0 Å².